The van der Waals surface area contributed by atoms with Gasteiger partial charge in [0.25, 0.3) is 15.9 Å². The van der Waals surface area contributed by atoms with Crippen molar-refractivity contribution in [1.29, 1.82) is 0 Å². The Morgan fingerprint density at radius 1 is 0.757 bits per heavy atom. The van der Waals surface area contributed by atoms with Gasteiger partial charge in [0.1, 0.15) is 0 Å². The summed E-state index contributed by atoms with van der Waals surface area (Å²) in [4.78, 5) is 16.0. The molecule has 0 aromatic heterocycles. The van der Waals surface area contributed by atoms with Gasteiger partial charge in [0.05, 0.1) is 15.4 Å². The van der Waals surface area contributed by atoms with Gasteiger partial charge < -0.3 is 4.90 Å². The Hall–Kier alpha value is -2.08. The number of thioether (sulfide) groups is 1. The highest BCUT2D eigenvalue weighted by Gasteiger charge is 2.26. The van der Waals surface area contributed by atoms with Crippen molar-refractivity contribution in [2.75, 3.05) is 37.2 Å². The second-order valence-corrected chi connectivity index (χ2v) is 14.0. The molecule has 0 spiro atoms. The molecule has 0 unspecified atom stereocenters. The topological polar surface area (TPSA) is 104 Å². The molecule has 0 saturated carbocycles. The average molecular weight is 566 g/mol. The van der Waals surface area contributed by atoms with Gasteiger partial charge in [-0.15, -0.1) is 11.8 Å². The van der Waals surface area contributed by atoms with E-state index in [-0.39, 0.29) is 21.4 Å². The molecular formula is C26H35N3O5S3. The van der Waals surface area contributed by atoms with Gasteiger partial charge in [0, 0.05) is 36.8 Å². The molecule has 2 aliphatic rings. The van der Waals surface area contributed by atoms with E-state index in [1.807, 2.05) is 11.2 Å². The molecule has 2 saturated heterocycles. The van der Waals surface area contributed by atoms with Crippen LogP contribution >= 0.6 is 11.8 Å². The molecule has 202 valence electrons. The Bertz CT molecular complexity index is 1300. The molecular weight excluding hydrogens is 531 g/mol. The SMILES string of the molecule is CSc1ccc(S(=O)(=O)Nc2ccc(S(=O)(=O)N3CCCCCC3)cc2)cc1C(=O)N1CCCCCC1. The minimum Gasteiger partial charge on any atom is -0.339 e. The summed E-state index contributed by atoms with van der Waals surface area (Å²) >= 11 is 1.41. The third-order valence-corrected chi connectivity index (χ3v) is 11.0. The van der Waals surface area contributed by atoms with Gasteiger partial charge in [-0.2, -0.15) is 4.31 Å². The molecule has 2 fully saturated rings. The fourth-order valence-corrected chi connectivity index (χ4v) is 7.98. The van der Waals surface area contributed by atoms with Crippen LogP contribution in [0.2, 0.25) is 0 Å². The first-order valence-electron chi connectivity index (χ1n) is 12.8. The minimum absolute atomic E-state index is 0.00950. The minimum atomic E-state index is -4.00. The van der Waals surface area contributed by atoms with Gasteiger partial charge in [0.15, 0.2) is 0 Å². The number of anilines is 1. The van der Waals surface area contributed by atoms with Crippen LogP contribution in [0.3, 0.4) is 0 Å². The molecule has 11 heteroatoms. The van der Waals surface area contributed by atoms with Crippen LogP contribution in [0, 0.1) is 0 Å². The van der Waals surface area contributed by atoms with E-state index in [2.05, 4.69) is 4.72 Å². The molecule has 0 radical (unpaired) electrons. The number of nitrogens with zero attached hydrogens (tertiary/aromatic N) is 2. The summed E-state index contributed by atoms with van der Waals surface area (Å²) < 4.78 is 56.5. The maximum absolute atomic E-state index is 13.3. The van der Waals surface area contributed by atoms with Crippen molar-refractivity contribution in [1.82, 2.24) is 9.21 Å². The van der Waals surface area contributed by atoms with Crippen molar-refractivity contribution >= 4 is 43.4 Å². The predicted octanol–water partition coefficient (Wildman–Crippen LogP) is 4.79. The summed E-state index contributed by atoms with van der Waals surface area (Å²) in [6.45, 7) is 2.35. The molecule has 0 aliphatic carbocycles. The van der Waals surface area contributed by atoms with Crippen LogP contribution in [0.25, 0.3) is 0 Å². The normalized spacial score (nSPS) is 18.1. The summed E-state index contributed by atoms with van der Waals surface area (Å²) in [6.07, 6.45) is 9.68. The third kappa shape index (κ3) is 6.68. The number of hydrogen-bond acceptors (Lipinski definition) is 6. The number of carbonyl (C=O) groups excluding carboxylic acids is 1. The monoisotopic (exact) mass is 565 g/mol. The van der Waals surface area contributed by atoms with Crippen molar-refractivity contribution < 1.29 is 21.6 Å². The number of sulfonamides is 2. The average Bonchev–Trinajstić information content (AvgIpc) is 3.34. The Morgan fingerprint density at radius 3 is 1.86 bits per heavy atom. The van der Waals surface area contributed by atoms with Crippen molar-refractivity contribution in [2.45, 2.75) is 66.1 Å². The Morgan fingerprint density at radius 2 is 1.30 bits per heavy atom. The number of hydrogen-bond donors (Lipinski definition) is 1. The second kappa shape index (κ2) is 12.2. The molecule has 2 aromatic carbocycles. The summed E-state index contributed by atoms with van der Waals surface area (Å²) in [6, 6.07) is 10.4. The third-order valence-electron chi connectivity index (χ3n) is 6.91. The van der Waals surface area contributed by atoms with Gasteiger partial charge in [0.2, 0.25) is 10.0 Å². The quantitative estimate of drug-likeness (QED) is 0.484. The Balaban J connectivity index is 1.53. The van der Waals surface area contributed by atoms with Gasteiger partial charge >= 0.3 is 0 Å². The molecule has 2 aliphatic heterocycles. The number of rotatable bonds is 7. The molecule has 2 aromatic rings. The van der Waals surface area contributed by atoms with E-state index in [0.29, 0.717) is 31.7 Å². The molecule has 1 amide bonds. The maximum atomic E-state index is 13.3. The largest absolute Gasteiger partial charge is 0.339 e. The summed E-state index contributed by atoms with van der Waals surface area (Å²) in [5.74, 6) is -0.147. The molecule has 4 rings (SSSR count). The number of likely N-dealkylation sites (tertiary alicyclic amines) is 1. The zero-order valence-electron chi connectivity index (χ0n) is 21.2. The highest BCUT2D eigenvalue weighted by Crippen LogP contribution is 2.28. The van der Waals surface area contributed by atoms with Crippen LogP contribution < -0.4 is 4.72 Å². The van der Waals surface area contributed by atoms with Gasteiger partial charge in [-0.05, 0) is 74.4 Å². The number of amides is 1. The molecule has 1 N–H and O–H groups in total. The summed E-state index contributed by atoms with van der Waals surface area (Å²) in [7, 11) is -7.62. The lowest BCUT2D eigenvalue weighted by molar-refractivity contribution is 0.0758. The van der Waals surface area contributed by atoms with Gasteiger partial charge in [-0.1, -0.05) is 25.7 Å². The van der Waals surface area contributed by atoms with Gasteiger partial charge in [-0.25, -0.2) is 16.8 Å². The first-order valence-corrected chi connectivity index (χ1v) is 17.0. The van der Waals surface area contributed by atoms with E-state index in [0.717, 1.165) is 56.3 Å². The fraction of sp³-hybridized carbons (Fsp3) is 0.500. The predicted molar refractivity (Wildman–Crippen MR) is 147 cm³/mol. The summed E-state index contributed by atoms with van der Waals surface area (Å²) in [5, 5.41) is 0. The Kier molecular flexibility index (Phi) is 9.20. The lowest BCUT2D eigenvalue weighted by atomic mass is 10.2. The standard InChI is InChI=1S/C26H35N3O5S3/c1-35-25-15-14-23(20-24(25)26(30)28-16-6-2-3-7-17-28)36(31,32)27-21-10-12-22(13-11-21)37(33,34)29-18-8-4-5-9-19-29/h10-15,20,27H,2-9,16-19H2,1H3. The van der Waals surface area contributed by atoms with Crippen molar-refractivity contribution in [3.05, 3.63) is 48.0 Å². The van der Waals surface area contributed by atoms with Crippen LogP contribution in [0.5, 0.6) is 0 Å². The number of carbonyl (C=O) groups is 1. The van der Waals surface area contributed by atoms with Crippen LogP contribution in [0.15, 0.2) is 57.2 Å². The van der Waals surface area contributed by atoms with Crippen LogP contribution in [-0.2, 0) is 20.0 Å². The lowest BCUT2D eigenvalue weighted by Gasteiger charge is -2.22. The smallest absolute Gasteiger partial charge is 0.261 e. The molecule has 8 nitrogen and oxygen atoms in total. The molecule has 0 bridgehead atoms. The fourth-order valence-electron chi connectivity index (χ4n) is 4.81. The van der Waals surface area contributed by atoms with E-state index in [1.165, 1.54) is 52.5 Å². The van der Waals surface area contributed by atoms with E-state index < -0.39 is 20.0 Å². The van der Waals surface area contributed by atoms with E-state index in [9.17, 15) is 21.6 Å². The maximum Gasteiger partial charge on any atom is 0.261 e. The van der Waals surface area contributed by atoms with Crippen molar-refractivity contribution in [3.63, 3.8) is 0 Å². The second-order valence-electron chi connectivity index (χ2n) is 9.52. The van der Waals surface area contributed by atoms with Gasteiger partial charge in [-0.3, -0.25) is 9.52 Å². The Labute approximate surface area is 224 Å². The highest BCUT2D eigenvalue weighted by atomic mass is 32.2. The molecule has 2 heterocycles. The van der Waals surface area contributed by atoms with E-state index in [4.69, 9.17) is 0 Å². The molecule has 37 heavy (non-hydrogen) atoms. The highest BCUT2D eigenvalue weighted by molar-refractivity contribution is 7.98. The number of nitrogens with one attached hydrogen (secondary N) is 1. The van der Waals surface area contributed by atoms with Crippen molar-refractivity contribution in [2.24, 2.45) is 0 Å². The van der Waals surface area contributed by atoms with Crippen LogP contribution in [0.4, 0.5) is 5.69 Å². The summed E-state index contributed by atoms with van der Waals surface area (Å²) in [5.41, 5.74) is 0.639. The van der Waals surface area contributed by atoms with Crippen LogP contribution in [0.1, 0.15) is 61.7 Å². The molecule has 0 atom stereocenters. The van der Waals surface area contributed by atoms with Crippen molar-refractivity contribution in [3.8, 4) is 0 Å². The first-order chi connectivity index (χ1) is 17.7. The zero-order valence-corrected chi connectivity index (χ0v) is 23.6. The van der Waals surface area contributed by atoms with Crippen LogP contribution in [-0.4, -0.2) is 64.4 Å². The first kappa shape index (κ1) is 27.9. The zero-order chi connectivity index (χ0) is 26.5. The number of benzene rings is 2. The lowest BCUT2D eigenvalue weighted by Crippen LogP contribution is -2.32. The van der Waals surface area contributed by atoms with E-state index >= 15 is 0 Å². The van der Waals surface area contributed by atoms with E-state index in [1.54, 1.807) is 6.07 Å².